The maximum Gasteiger partial charge on any atom is 0.0771 e. The summed E-state index contributed by atoms with van der Waals surface area (Å²) in [6, 6.07) is 0.561. The lowest BCUT2D eigenvalue weighted by atomic mass is 9.85. The number of hydrogen-bond acceptors (Lipinski definition) is 2. The maximum atomic E-state index is 10.4. The van der Waals surface area contributed by atoms with Crippen LogP contribution in [0.3, 0.4) is 0 Å². The van der Waals surface area contributed by atoms with Crippen molar-refractivity contribution in [3.8, 4) is 0 Å². The quantitative estimate of drug-likeness (QED) is 0.774. The first-order valence-electron chi connectivity index (χ1n) is 6.75. The minimum Gasteiger partial charge on any atom is -0.389 e. The van der Waals surface area contributed by atoms with Gasteiger partial charge in [0.1, 0.15) is 0 Å². The van der Waals surface area contributed by atoms with Crippen LogP contribution in [0.2, 0.25) is 0 Å². The molecule has 0 spiro atoms. The predicted octanol–water partition coefficient (Wildman–Crippen LogP) is 2.71. The van der Waals surface area contributed by atoms with E-state index >= 15 is 0 Å². The van der Waals surface area contributed by atoms with Crippen molar-refractivity contribution in [2.45, 2.75) is 71.4 Å². The van der Waals surface area contributed by atoms with Crippen LogP contribution in [0.4, 0.5) is 0 Å². The minimum atomic E-state index is -0.424. The van der Waals surface area contributed by atoms with Gasteiger partial charge in [-0.2, -0.15) is 0 Å². The van der Waals surface area contributed by atoms with Crippen molar-refractivity contribution >= 4 is 0 Å². The molecule has 0 radical (unpaired) electrons. The molecule has 16 heavy (non-hydrogen) atoms. The number of hydrogen-bond donors (Lipinski definition) is 2. The molecule has 2 heteroatoms. The molecule has 0 aromatic rings. The van der Waals surface area contributed by atoms with Crippen molar-refractivity contribution < 1.29 is 5.11 Å². The van der Waals surface area contributed by atoms with Crippen LogP contribution in [0.15, 0.2) is 0 Å². The first-order valence-corrected chi connectivity index (χ1v) is 6.75. The van der Waals surface area contributed by atoms with Crippen molar-refractivity contribution in [1.29, 1.82) is 0 Å². The molecule has 0 aromatic carbocycles. The van der Waals surface area contributed by atoms with Crippen LogP contribution in [0, 0.1) is 10.8 Å². The molecule has 0 aliphatic heterocycles. The summed E-state index contributed by atoms with van der Waals surface area (Å²) in [6.45, 7) is 10.0. The SMILES string of the molecule is CC1(C)C(NCC2(O)CCCCC2)C1(C)C. The average molecular weight is 225 g/mol. The second-order valence-corrected chi connectivity index (χ2v) is 7.04. The van der Waals surface area contributed by atoms with E-state index in [2.05, 4.69) is 33.0 Å². The molecule has 94 valence electrons. The van der Waals surface area contributed by atoms with Crippen LogP contribution in [0.25, 0.3) is 0 Å². The number of nitrogens with one attached hydrogen (secondary N) is 1. The summed E-state index contributed by atoms with van der Waals surface area (Å²) in [7, 11) is 0. The Morgan fingerprint density at radius 1 is 1.00 bits per heavy atom. The van der Waals surface area contributed by atoms with E-state index in [0.717, 1.165) is 19.4 Å². The summed E-state index contributed by atoms with van der Waals surface area (Å²) < 4.78 is 0. The first-order chi connectivity index (χ1) is 7.30. The zero-order valence-electron chi connectivity index (χ0n) is 11.3. The van der Waals surface area contributed by atoms with Gasteiger partial charge in [-0.25, -0.2) is 0 Å². The molecule has 0 saturated heterocycles. The molecule has 0 unspecified atom stereocenters. The smallest absolute Gasteiger partial charge is 0.0771 e. The van der Waals surface area contributed by atoms with E-state index in [4.69, 9.17) is 0 Å². The Labute approximate surface area is 99.8 Å². The zero-order chi connectivity index (χ0) is 12.0. The molecule has 2 aliphatic rings. The van der Waals surface area contributed by atoms with Crippen molar-refractivity contribution in [2.24, 2.45) is 10.8 Å². The molecule has 0 aromatic heterocycles. The minimum absolute atomic E-state index is 0.373. The molecule has 0 heterocycles. The molecular weight excluding hydrogens is 198 g/mol. The van der Waals surface area contributed by atoms with Crippen molar-refractivity contribution in [3.63, 3.8) is 0 Å². The van der Waals surface area contributed by atoms with Crippen LogP contribution >= 0.6 is 0 Å². The highest BCUT2D eigenvalue weighted by Gasteiger charge is 2.64. The molecule has 0 atom stereocenters. The summed E-state index contributed by atoms with van der Waals surface area (Å²) in [5, 5.41) is 14.0. The van der Waals surface area contributed by atoms with E-state index in [9.17, 15) is 5.11 Å². The van der Waals surface area contributed by atoms with Gasteiger partial charge >= 0.3 is 0 Å². The summed E-state index contributed by atoms with van der Waals surface area (Å²) in [5.41, 5.74) is 0.322. The fraction of sp³-hybridized carbons (Fsp3) is 1.00. The van der Waals surface area contributed by atoms with E-state index in [1.807, 2.05) is 0 Å². The van der Waals surface area contributed by atoms with Gasteiger partial charge < -0.3 is 10.4 Å². The highest BCUT2D eigenvalue weighted by atomic mass is 16.3. The molecule has 0 bridgehead atoms. The van der Waals surface area contributed by atoms with Crippen molar-refractivity contribution in [1.82, 2.24) is 5.32 Å². The van der Waals surface area contributed by atoms with Crippen LogP contribution in [-0.4, -0.2) is 23.3 Å². The summed E-state index contributed by atoms with van der Waals surface area (Å²) >= 11 is 0. The van der Waals surface area contributed by atoms with Gasteiger partial charge in [0.2, 0.25) is 0 Å². The molecule has 2 N–H and O–H groups in total. The topological polar surface area (TPSA) is 32.3 Å². The van der Waals surface area contributed by atoms with Crippen LogP contribution < -0.4 is 5.32 Å². The van der Waals surface area contributed by atoms with Crippen molar-refractivity contribution in [2.75, 3.05) is 6.54 Å². The normalized spacial score (nSPS) is 31.3. The number of rotatable bonds is 3. The summed E-state index contributed by atoms with van der Waals surface area (Å²) in [6.07, 6.45) is 5.63. The van der Waals surface area contributed by atoms with E-state index in [1.54, 1.807) is 0 Å². The van der Waals surface area contributed by atoms with Crippen LogP contribution in [0.1, 0.15) is 59.8 Å². The predicted molar refractivity (Wildman–Crippen MR) is 67.4 cm³/mol. The maximum absolute atomic E-state index is 10.4. The zero-order valence-corrected chi connectivity index (χ0v) is 11.3. The monoisotopic (exact) mass is 225 g/mol. The molecule has 2 nitrogen and oxygen atoms in total. The Kier molecular flexibility index (Phi) is 2.87. The molecular formula is C14H27NO. The van der Waals surface area contributed by atoms with Crippen LogP contribution in [-0.2, 0) is 0 Å². The van der Waals surface area contributed by atoms with E-state index < -0.39 is 5.60 Å². The van der Waals surface area contributed by atoms with Gasteiger partial charge in [0.15, 0.2) is 0 Å². The fourth-order valence-corrected chi connectivity index (χ4v) is 3.39. The molecule has 2 aliphatic carbocycles. The van der Waals surface area contributed by atoms with Gasteiger partial charge in [-0.3, -0.25) is 0 Å². The van der Waals surface area contributed by atoms with E-state index in [-0.39, 0.29) is 0 Å². The lowest BCUT2D eigenvalue weighted by Crippen LogP contribution is -2.44. The molecule has 2 saturated carbocycles. The third-order valence-electron chi connectivity index (χ3n) is 5.44. The third-order valence-corrected chi connectivity index (χ3v) is 5.44. The van der Waals surface area contributed by atoms with Gasteiger partial charge in [-0.1, -0.05) is 47.0 Å². The first kappa shape index (κ1) is 12.4. The lowest BCUT2D eigenvalue weighted by Gasteiger charge is -2.32. The Hall–Kier alpha value is -0.0800. The number of aliphatic hydroxyl groups is 1. The Bertz CT molecular complexity index is 250. The van der Waals surface area contributed by atoms with E-state index in [1.165, 1.54) is 19.3 Å². The average Bonchev–Trinajstić information content (AvgIpc) is 2.56. The van der Waals surface area contributed by atoms with Crippen molar-refractivity contribution in [3.05, 3.63) is 0 Å². The van der Waals surface area contributed by atoms with Gasteiger partial charge in [0.05, 0.1) is 5.60 Å². The Morgan fingerprint density at radius 2 is 1.50 bits per heavy atom. The van der Waals surface area contributed by atoms with Gasteiger partial charge in [0.25, 0.3) is 0 Å². The third kappa shape index (κ3) is 1.91. The fourth-order valence-electron chi connectivity index (χ4n) is 3.39. The Balaban J connectivity index is 1.84. The van der Waals surface area contributed by atoms with Gasteiger partial charge in [-0.05, 0) is 23.7 Å². The molecule has 0 amide bonds. The summed E-state index contributed by atoms with van der Waals surface area (Å²) in [4.78, 5) is 0. The van der Waals surface area contributed by atoms with Gasteiger partial charge in [0, 0.05) is 12.6 Å². The Morgan fingerprint density at radius 3 is 1.94 bits per heavy atom. The molecule has 2 fully saturated rings. The summed E-state index contributed by atoms with van der Waals surface area (Å²) in [5.74, 6) is 0. The van der Waals surface area contributed by atoms with Gasteiger partial charge in [-0.15, -0.1) is 0 Å². The second-order valence-electron chi connectivity index (χ2n) is 7.04. The lowest BCUT2D eigenvalue weighted by molar-refractivity contribution is 0.00373. The molecule has 2 rings (SSSR count). The highest BCUT2D eigenvalue weighted by molar-refractivity contribution is 5.18. The van der Waals surface area contributed by atoms with E-state index in [0.29, 0.717) is 16.9 Å². The largest absolute Gasteiger partial charge is 0.389 e. The second kappa shape index (κ2) is 3.71. The van der Waals surface area contributed by atoms with Crippen LogP contribution in [0.5, 0.6) is 0 Å². The highest BCUT2D eigenvalue weighted by Crippen LogP contribution is 2.62. The standard InChI is InChI=1S/C14H27NO/c1-12(2)11(13(12,3)4)15-10-14(16)8-6-5-7-9-14/h11,15-16H,5-10H2,1-4H3.